The summed E-state index contributed by atoms with van der Waals surface area (Å²) in [5.74, 6) is -0.437. The first-order valence-electron chi connectivity index (χ1n) is 9.84. The number of fused-ring (bicyclic) bond motifs is 1. The van der Waals surface area contributed by atoms with Crippen molar-refractivity contribution < 1.29 is 18.0 Å². The van der Waals surface area contributed by atoms with E-state index in [1.165, 1.54) is 23.9 Å². The van der Waals surface area contributed by atoms with E-state index in [1.807, 2.05) is 32.0 Å². The van der Waals surface area contributed by atoms with Gasteiger partial charge < -0.3 is 5.32 Å². The van der Waals surface area contributed by atoms with E-state index >= 15 is 0 Å². The zero-order chi connectivity index (χ0) is 23.8. The number of anilines is 1. The Morgan fingerprint density at radius 2 is 1.85 bits per heavy atom. The lowest BCUT2D eigenvalue weighted by Crippen LogP contribution is -2.15. The molecule has 5 nitrogen and oxygen atoms in total. The maximum absolute atomic E-state index is 12.9. The fourth-order valence-corrected chi connectivity index (χ4v) is 4.36. The predicted octanol–water partition coefficient (Wildman–Crippen LogP) is 6.42. The van der Waals surface area contributed by atoms with Crippen molar-refractivity contribution in [2.45, 2.75) is 25.0 Å². The van der Waals surface area contributed by atoms with Crippen molar-refractivity contribution in [2.75, 3.05) is 11.1 Å². The van der Waals surface area contributed by atoms with E-state index < -0.39 is 17.6 Å². The monoisotopic (exact) mass is 490 g/mol. The fraction of sp³-hybridized carbons (Fsp3) is 0.174. The summed E-state index contributed by atoms with van der Waals surface area (Å²) in [7, 11) is 0. The van der Waals surface area contributed by atoms with Crippen molar-refractivity contribution in [2.24, 2.45) is 0 Å². The van der Waals surface area contributed by atoms with Crippen molar-refractivity contribution in [3.8, 4) is 11.1 Å². The minimum atomic E-state index is -4.48. The van der Waals surface area contributed by atoms with Crippen molar-refractivity contribution in [3.63, 3.8) is 0 Å². The summed E-state index contributed by atoms with van der Waals surface area (Å²) in [6.07, 6.45) is -4.48. The van der Waals surface area contributed by atoms with Crippen LogP contribution < -0.4 is 5.32 Å². The van der Waals surface area contributed by atoms with Gasteiger partial charge >= 0.3 is 6.18 Å². The van der Waals surface area contributed by atoms with Crippen LogP contribution in [0.2, 0.25) is 5.02 Å². The molecule has 0 aliphatic heterocycles. The minimum absolute atomic E-state index is 0.00994. The molecular formula is C23H18ClF3N4OS. The average molecular weight is 491 g/mol. The molecule has 33 heavy (non-hydrogen) atoms. The summed E-state index contributed by atoms with van der Waals surface area (Å²) in [5, 5.41) is 8.43. The zero-order valence-corrected chi connectivity index (χ0v) is 19.1. The van der Waals surface area contributed by atoms with Crippen LogP contribution in [0, 0.1) is 13.8 Å². The van der Waals surface area contributed by atoms with Crippen molar-refractivity contribution in [1.82, 2.24) is 14.6 Å². The van der Waals surface area contributed by atoms with Gasteiger partial charge in [0.1, 0.15) is 5.03 Å². The van der Waals surface area contributed by atoms with Gasteiger partial charge in [0, 0.05) is 22.0 Å². The van der Waals surface area contributed by atoms with Crippen LogP contribution in [0.5, 0.6) is 0 Å². The van der Waals surface area contributed by atoms with Crippen LogP contribution in [0.15, 0.2) is 59.6 Å². The van der Waals surface area contributed by atoms with Gasteiger partial charge in [-0.1, -0.05) is 41.6 Å². The molecule has 0 saturated carbocycles. The Morgan fingerprint density at radius 3 is 2.55 bits per heavy atom. The number of aromatic nitrogens is 3. The second-order valence-corrected chi connectivity index (χ2v) is 8.79. The van der Waals surface area contributed by atoms with E-state index in [4.69, 9.17) is 11.6 Å². The highest BCUT2D eigenvalue weighted by Crippen LogP contribution is 2.32. The third-order valence-corrected chi connectivity index (χ3v) is 6.06. The summed E-state index contributed by atoms with van der Waals surface area (Å²) in [4.78, 5) is 17.1. The first-order valence-corrected chi connectivity index (χ1v) is 11.2. The molecule has 0 fully saturated rings. The molecule has 4 rings (SSSR count). The predicted molar refractivity (Wildman–Crippen MR) is 124 cm³/mol. The highest BCUT2D eigenvalue weighted by molar-refractivity contribution is 7.99. The second kappa shape index (κ2) is 9.07. The molecule has 0 spiro atoms. The molecule has 0 aliphatic carbocycles. The van der Waals surface area contributed by atoms with Crippen molar-refractivity contribution in [1.29, 1.82) is 0 Å². The molecule has 0 radical (unpaired) electrons. The van der Waals surface area contributed by atoms with Crippen LogP contribution in [-0.2, 0) is 11.0 Å². The van der Waals surface area contributed by atoms with Crippen molar-refractivity contribution >= 4 is 40.6 Å². The first-order chi connectivity index (χ1) is 15.6. The van der Waals surface area contributed by atoms with E-state index in [-0.39, 0.29) is 11.4 Å². The summed E-state index contributed by atoms with van der Waals surface area (Å²) in [6, 6.07) is 13.7. The largest absolute Gasteiger partial charge is 0.416 e. The Balaban J connectivity index is 1.56. The summed E-state index contributed by atoms with van der Waals surface area (Å²) in [6.45, 7) is 3.73. The Bertz CT molecular complexity index is 1340. The molecule has 0 saturated heterocycles. The summed E-state index contributed by atoms with van der Waals surface area (Å²) < 4.78 is 40.4. The number of benzene rings is 2. The van der Waals surface area contributed by atoms with Gasteiger partial charge in [0.15, 0.2) is 5.65 Å². The molecule has 1 N–H and O–H groups in total. The van der Waals surface area contributed by atoms with Crippen LogP contribution in [-0.4, -0.2) is 26.3 Å². The van der Waals surface area contributed by atoms with E-state index in [2.05, 4.69) is 15.4 Å². The maximum Gasteiger partial charge on any atom is 0.416 e. The highest BCUT2D eigenvalue weighted by Gasteiger charge is 2.30. The number of hydrogen-bond donors (Lipinski definition) is 1. The van der Waals surface area contributed by atoms with Crippen LogP contribution in [0.3, 0.4) is 0 Å². The molecular weight excluding hydrogens is 473 g/mol. The number of nitrogens with one attached hydrogen (secondary N) is 1. The van der Waals surface area contributed by atoms with E-state index in [0.717, 1.165) is 34.6 Å². The highest BCUT2D eigenvalue weighted by atomic mass is 35.5. The van der Waals surface area contributed by atoms with Crippen LogP contribution in [0.4, 0.5) is 18.9 Å². The molecule has 0 aliphatic rings. The number of carbonyl (C=O) groups excluding carboxylic acids is 1. The summed E-state index contributed by atoms with van der Waals surface area (Å²) >= 11 is 7.23. The number of hydrogen-bond acceptors (Lipinski definition) is 4. The van der Waals surface area contributed by atoms with Crippen LogP contribution >= 0.6 is 23.4 Å². The van der Waals surface area contributed by atoms with Gasteiger partial charge in [0.2, 0.25) is 5.91 Å². The number of amides is 1. The maximum atomic E-state index is 12.9. The fourth-order valence-electron chi connectivity index (χ4n) is 3.38. The Hall–Kier alpha value is -3.04. The normalized spacial score (nSPS) is 11.7. The number of nitrogens with zero attached hydrogens (tertiary/aromatic N) is 3. The van der Waals surface area contributed by atoms with Gasteiger partial charge in [0.05, 0.1) is 17.0 Å². The number of carbonyl (C=O) groups is 1. The number of aryl methyl sites for hydroxylation is 2. The Labute approximate surface area is 197 Å². The molecule has 0 bridgehead atoms. The third kappa shape index (κ3) is 5.15. The number of halogens is 4. The Kier molecular flexibility index (Phi) is 6.36. The Morgan fingerprint density at radius 1 is 1.12 bits per heavy atom. The molecule has 1 amide bonds. The summed E-state index contributed by atoms with van der Waals surface area (Å²) in [5.41, 5.74) is 3.22. The average Bonchev–Trinajstić information content (AvgIpc) is 3.08. The molecule has 0 atom stereocenters. The van der Waals surface area contributed by atoms with E-state index in [9.17, 15) is 18.0 Å². The molecule has 2 aromatic heterocycles. The number of thioether (sulfide) groups is 1. The SMILES string of the molecule is Cc1cc(SCC(=O)Nc2cccc(C(F)(F)F)c2)n2nc(C)c(-c3ccc(Cl)cc3)c2n1. The lowest BCUT2D eigenvalue weighted by Gasteiger charge is -2.10. The standard InChI is InChI=1S/C23H18ClF3N4OS/c1-13-10-20(33-12-19(32)29-18-5-3-4-16(11-18)23(25,26)27)31-22(28-13)21(14(2)30-31)15-6-8-17(24)9-7-15/h3-11H,12H2,1-2H3,(H,29,32). The zero-order valence-electron chi connectivity index (χ0n) is 17.6. The quantitative estimate of drug-likeness (QED) is 0.259. The minimum Gasteiger partial charge on any atom is -0.325 e. The topological polar surface area (TPSA) is 59.3 Å². The van der Waals surface area contributed by atoms with Gasteiger partial charge in [-0.05, 0) is 55.8 Å². The molecule has 2 heterocycles. The molecule has 2 aromatic carbocycles. The third-order valence-electron chi connectivity index (χ3n) is 4.82. The molecule has 10 heteroatoms. The van der Waals surface area contributed by atoms with Gasteiger partial charge in [0.25, 0.3) is 0 Å². The van der Waals surface area contributed by atoms with Gasteiger partial charge in [-0.25, -0.2) is 9.50 Å². The van der Waals surface area contributed by atoms with E-state index in [1.54, 1.807) is 16.6 Å². The smallest absolute Gasteiger partial charge is 0.325 e. The van der Waals surface area contributed by atoms with Crippen molar-refractivity contribution in [3.05, 3.63) is 76.6 Å². The lowest BCUT2D eigenvalue weighted by atomic mass is 10.1. The molecule has 170 valence electrons. The van der Waals surface area contributed by atoms with Crippen LogP contribution in [0.25, 0.3) is 16.8 Å². The van der Waals surface area contributed by atoms with Crippen LogP contribution in [0.1, 0.15) is 17.0 Å². The second-order valence-electron chi connectivity index (χ2n) is 7.35. The van der Waals surface area contributed by atoms with E-state index in [0.29, 0.717) is 15.7 Å². The van der Waals surface area contributed by atoms with Gasteiger partial charge in [-0.2, -0.15) is 18.3 Å². The first kappa shape index (κ1) is 23.1. The van der Waals surface area contributed by atoms with Gasteiger partial charge in [-0.15, -0.1) is 0 Å². The number of rotatable bonds is 5. The molecule has 4 aromatic rings. The number of alkyl halides is 3. The lowest BCUT2D eigenvalue weighted by molar-refractivity contribution is -0.137. The molecule has 0 unspecified atom stereocenters. The van der Waals surface area contributed by atoms with Gasteiger partial charge in [-0.3, -0.25) is 4.79 Å².